The Morgan fingerprint density at radius 3 is 2.50 bits per heavy atom. The second kappa shape index (κ2) is 8.93. The van der Waals surface area contributed by atoms with Gasteiger partial charge in [0.15, 0.2) is 17.3 Å². The number of aliphatic carboxylic acids is 1. The van der Waals surface area contributed by atoms with E-state index >= 15 is 4.39 Å². The van der Waals surface area contributed by atoms with Crippen molar-refractivity contribution in [2.45, 2.75) is 44.3 Å². The van der Waals surface area contributed by atoms with Crippen molar-refractivity contribution in [2.75, 3.05) is 0 Å². The van der Waals surface area contributed by atoms with E-state index < -0.39 is 76.7 Å². The predicted molar refractivity (Wildman–Crippen MR) is 126 cm³/mol. The van der Waals surface area contributed by atoms with Crippen LogP contribution in [0.1, 0.15) is 46.2 Å². The van der Waals surface area contributed by atoms with Crippen LogP contribution >= 0.6 is 0 Å². The number of ketones is 1. The number of piperidine rings is 1. The van der Waals surface area contributed by atoms with Crippen LogP contribution in [0.5, 0.6) is 11.5 Å². The lowest BCUT2D eigenvalue weighted by molar-refractivity contribution is -0.276. The van der Waals surface area contributed by atoms with Gasteiger partial charge in [-0.25, -0.2) is 9.18 Å². The summed E-state index contributed by atoms with van der Waals surface area (Å²) in [6.07, 6.45) is -5.54. The highest BCUT2D eigenvalue weighted by atomic mass is 19.4. The zero-order valence-corrected chi connectivity index (χ0v) is 20.5. The molecule has 40 heavy (non-hydrogen) atoms. The van der Waals surface area contributed by atoms with Crippen LogP contribution in [0.25, 0.3) is 10.9 Å². The quantitative estimate of drug-likeness (QED) is 0.291. The number of phenolic OH excluding ortho intramolecular Hbond substituents is 1. The highest BCUT2D eigenvalue weighted by Gasteiger charge is 2.70. The molecule has 4 N–H and O–H groups in total. The minimum absolute atomic E-state index is 0.00147. The standard InChI is InChI=1S/C25H20F4N4O7/c1-10(34)20-14-7-12(35)2-5-16(14)32(31-20)9-18(36)33-17(23(38)39)6-11-8-24(11,33)15-4-3-13(22(30)37)19(26)21(15)40-25(27,28)29/h2-5,7,11,17,35H,6,8-9H2,1H3,(H2,30,37)(H,38,39)/t11-,17-,24-/m0/s1. The minimum atomic E-state index is -5.39. The van der Waals surface area contributed by atoms with Gasteiger partial charge in [0, 0.05) is 17.9 Å². The number of fused-ring (bicyclic) bond motifs is 2. The summed E-state index contributed by atoms with van der Waals surface area (Å²) < 4.78 is 60.2. The van der Waals surface area contributed by atoms with Crippen LogP contribution in [0.4, 0.5) is 17.6 Å². The van der Waals surface area contributed by atoms with Crippen LogP contribution in [0.15, 0.2) is 30.3 Å². The van der Waals surface area contributed by atoms with Crippen LogP contribution in [0.3, 0.4) is 0 Å². The molecule has 2 aliphatic rings. The fourth-order valence-corrected chi connectivity index (χ4v) is 5.67. The molecule has 11 nitrogen and oxygen atoms in total. The number of rotatable bonds is 7. The van der Waals surface area contributed by atoms with Gasteiger partial charge in [-0.2, -0.15) is 5.10 Å². The topological polar surface area (TPSA) is 165 Å². The Morgan fingerprint density at radius 1 is 1.20 bits per heavy atom. The molecule has 3 aromatic rings. The minimum Gasteiger partial charge on any atom is -0.508 e. The molecule has 1 aliphatic heterocycles. The first-order valence-corrected chi connectivity index (χ1v) is 11.8. The molecule has 5 rings (SSSR count). The lowest BCUT2D eigenvalue weighted by Crippen LogP contribution is -2.49. The van der Waals surface area contributed by atoms with E-state index in [-0.39, 0.29) is 35.2 Å². The number of carbonyl (C=O) groups excluding carboxylic acids is 3. The molecule has 0 spiro atoms. The number of aromatic nitrogens is 2. The summed E-state index contributed by atoms with van der Waals surface area (Å²) >= 11 is 0. The molecule has 15 heteroatoms. The first-order valence-electron chi connectivity index (χ1n) is 11.8. The van der Waals surface area contributed by atoms with Crippen molar-refractivity contribution in [1.29, 1.82) is 0 Å². The van der Waals surface area contributed by atoms with Gasteiger partial charge >= 0.3 is 12.3 Å². The second-order valence-corrected chi connectivity index (χ2v) is 9.66. The molecule has 0 bridgehead atoms. The monoisotopic (exact) mass is 564 g/mol. The normalized spacial score (nSPS) is 21.8. The third-order valence-corrected chi connectivity index (χ3v) is 7.28. The number of aromatic hydroxyl groups is 1. The number of hydrogen-bond donors (Lipinski definition) is 3. The highest BCUT2D eigenvalue weighted by Crippen LogP contribution is 2.66. The number of carbonyl (C=O) groups is 4. The molecular formula is C25H20F4N4O7. The largest absolute Gasteiger partial charge is 0.573 e. The van der Waals surface area contributed by atoms with Gasteiger partial charge in [0.1, 0.15) is 24.0 Å². The van der Waals surface area contributed by atoms with Gasteiger partial charge in [0.25, 0.3) is 5.91 Å². The van der Waals surface area contributed by atoms with Crippen LogP contribution < -0.4 is 10.5 Å². The van der Waals surface area contributed by atoms with Crippen LogP contribution in [-0.2, 0) is 21.7 Å². The number of hydrogen-bond acceptors (Lipinski definition) is 7. The number of primary amides is 1. The number of alkyl halides is 3. The molecule has 2 heterocycles. The van der Waals surface area contributed by atoms with Gasteiger partial charge in [-0.15, -0.1) is 13.2 Å². The van der Waals surface area contributed by atoms with Gasteiger partial charge < -0.3 is 25.6 Å². The van der Waals surface area contributed by atoms with Crippen LogP contribution in [-0.4, -0.2) is 60.9 Å². The molecule has 210 valence electrons. The number of halogens is 4. The molecule has 1 saturated carbocycles. The van der Waals surface area contributed by atoms with Crippen molar-refractivity contribution in [3.63, 3.8) is 0 Å². The van der Waals surface area contributed by atoms with E-state index in [0.717, 1.165) is 21.7 Å². The van der Waals surface area contributed by atoms with E-state index in [2.05, 4.69) is 9.84 Å². The molecule has 0 radical (unpaired) electrons. The first kappa shape index (κ1) is 26.9. The Kier molecular flexibility index (Phi) is 6.00. The molecule has 2 aromatic carbocycles. The number of benzene rings is 2. The maximum atomic E-state index is 15.2. The molecule has 0 unspecified atom stereocenters. The first-order chi connectivity index (χ1) is 18.7. The van der Waals surface area contributed by atoms with Gasteiger partial charge in [0.05, 0.1) is 16.6 Å². The van der Waals surface area contributed by atoms with E-state index in [1.807, 2.05) is 0 Å². The molecular weight excluding hydrogens is 544 g/mol. The van der Waals surface area contributed by atoms with E-state index in [0.29, 0.717) is 0 Å². The second-order valence-electron chi connectivity index (χ2n) is 9.66. The smallest absolute Gasteiger partial charge is 0.508 e. The lowest BCUT2D eigenvalue weighted by atomic mass is 9.98. The Hall–Kier alpha value is -4.69. The zero-order chi connectivity index (χ0) is 29.3. The highest BCUT2D eigenvalue weighted by molar-refractivity contribution is 6.05. The van der Waals surface area contributed by atoms with Crippen molar-refractivity contribution in [1.82, 2.24) is 14.7 Å². The average Bonchev–Trinajstić information content (AvgIpc) is 3.28. The number of Topliss-reactive ketones (excluding diaryl/α,β-unsaturated/α-hetero) is 1. The van der Waals surface area contributed by atoms with Gasteiger partial charge in [0.2, 0.25) is 5.91 Å². The summed E-state index contributed by atoms with van der Waals surface area (Å²) in [5.74, 6) is -8.09. The Balaban J connectivity index is 1.62. The van der Waals surface area contributed by atoms with Crippen LogP contribution in [0.2, 0.25) is 0 Å². The molecule has 1 saturated heterocycles. The Labute approximate surface area is 221 Å². The van der Waals surface area contributed by atoms with Gasteiger partial charge in [-0.05, 0) is 43.0 Å². The molecule has 1 aromatic heterocycles. The number of carboxylic acid groups (broad SMARTS) is 1. The molecule has 2 fully saturated rings. The van der Waals surface area contributed by atoms with E-state index in [1.54, 1.807) is 0 Å². The number of amides is 2. The maximum absolute atomic E-state index is 15.2. The summed E-state index contributed by atoms with van der Waals surface area (Å²) in [5, 5.41) is 24.1. The van der Waals surface area contributed by atoms with E-state index in [9.17, 15) is 42.6 Å². The van der Waals surface area contributed by atoms with Crippen LogP contribution in [0, 0.1) is 11.7 Å². The van der Waals surface area contributed by atoms with Crippen molar-refractivity contribution in [3.8, 4) is 11.5 Å². The summed E-state index contributed by atoms with van der Waals surface area (Å²) in [6, 6.07) is 4.27. The third kappa shape index (κ3) is 4.17. The number of nitrogens with zero attached hydrogens (tertiary/aromatic N) is 3. The van der Waals surface area contributed by atoms with E-state index in [4.69, 9.17) is 5.73 Å². The summed E-state index contributed by atoms with van der Waals surface area (Å²) in [5.41, 5.74) is 2.23. The Bertz CT molecular complexity index is 1620. The van der Waals surface area contributed by atoms with Gasteiger partial charge in [-0.3, -0.25) is 19.1 Å². The van der Waals surface area contributed by atoms with Crippen molar-refractivity contribution in [2.24, 2.45) is 11.7 Å². The molecule has 1 aliphatic carbocycles. The number of ether oxygens (including phenoxy) is 1. The third-order valence-electron chi connectivity index (χ3n) is 7.28. The fourth-order valence-electron chi connectivity index (χ4n) is 5.67. The van der Waals surface area contributed by atoms with Crippen molar-refractivity contribution < 1.29 is 51.7 Å². The molecule has 2 amide bonds. The zero-order valence-electron chi connectivity index (χ0n) is 20.5. The van der Waals surface area contributed by atoms with Gasteiger partial charge in [-0.1, -0.05) is 6.07 Å². The number of likely N-dealkylation sites (tertiary alicyclic amines) is 1. The fraction of sp³-hybridized carbons (Fsp3) is 0.320. The number of nitrogens with two attached hydrogens (primary N) is 1. The lowest BCUT2D eigenvalue weighted by Gasteiger charge is -2.34. The average molecular weight is 564 g/mol. The van der Waals surface area contributed by atoms with Crippen molar-refractivity contribution in [3.05, 3.63) is 53.0 Å². The Morgan fingerprint density at radius 2 is 1.90 bits per heavy atom. The van der Waals surface area contributed by atoms with E-state index in [1.165, 1.54) is 25.1 Å². The number of carboxylic acids is 1. The summed E-state index contributed by atoms with van der Waals surface area (Å²) in [6.45, 7) is 0.583. The van der Waals surface area contributed by atoms with Crippen molar-refractivity contribution >= 4 is 34.5 Å². The SMILES string of the molecule is CC(=O)c1nn(CC(=O)N2[C@H](C(=O)O)C[C@H]3C[C@@]32c2ccc(C(N)=O)c(F)c2OC(F)(F)F)c2ccc(O)cc12. The maximum Gasteiger partial charge on any atom is 0.573 e. The summed E-state index contributed by atoms with van der Waals surface area (Å²) in [7, 11) is 0. The summed E-state index contributed by atoms with van der Waals surface area (Å²) in [4.78, 5) is 50.5. The predicted octanol–water partition coefficient (Wildman–Crippen LogP) is 2.68. The molecule has 3 atom stereocenters. The number of phenols is 1.